The summed E-state index contributed by atoms with van der Waals surface area (Å²) < 4.78 is 21.5. The molecule has 1 aliphatic rings. The number of carbonyl (C=O) groups excluding carboxylic acids is 1. The Morgan fingerprint density at radius 2 is 2.03 bits per heavy atom. The summed E-state index contributed by atoms with van der Waals surface area (Å²) in [6, 6.07) is 13.8. The first kappa shape index (κ1) is 21.2. The average Bonchev–Trinajstić information content (AvgIpc) is 3.47. The molecule has 166 valence electrons. The smallest absolute Gasteiger partial charge is 0.246 e. The molecule has 1 amide bonds. The monoisotopic (exact) mass is 462 g/mol. The second kappa shape index (κ2) is 8.67. The highest BCUT2D eigenvalue weighted by atomic mass is 35.5. The van der Waals surface area contributed by atoms with Gasteiger partial charge in [-0.3, -0.25) is 14.5 Å². The molecule has 8 heteroatoms. The summed E-state index contributed by atoms with van der Waals surface area (Å²) in [6.45, 7) is 4.81. The minimum Gasteiger partial charge on any atom is -0.456 e. The molecule has 2 aromatic heterocycles. The molecule has 3 heterocycles. The minimum atomic E-state index is -0.533. The van der Waals surface area contributed by atoms with Crippen LogP contribution in [0.25, 0.3) is 22.2 Å². The van der Waals surface area contributed by atoms with Crippen LogP contribution in [0.2, 0.25) is 5.02 Å². The van der Waals surface area contributed by atoms with Gasteiger partial charge in [-0.2, -0.15) is 5.10 Å². The number of ether oxygens (including phenoxy) is 1. The fraction of sp³-hybridized carbons (Fsp3) is 0.160. The summed E-state index contributed by atoms with van der Waals surface area (Å²) in [6.07, 6.45) is 5.65. The van der Waals surface area contributed by atoms with Crippen molar-refractivity contribution in [2.24, 2.45) is 0 Å². The molecular formula is C25H20ClFN4O2. The first-order valence-electron chi connectivity index (χ1n) is 10.5. The van der Waals surface area contributed by atoms with Crippen LogP contribution < -0.4 is 4.74 Å². The van der Waals surface area contributed by atoms with Gasteiger partial charge in [-0.25, -0.2) is 4.39 Å². The van der Waals surface area contributed by atoms with Gasteiger partial charge in [-0.05, 0) is 55.0 Å². The maximum absolute atomic E-state index is 13.7. The number of rotatable bonds is 5. The molecule has 1 saturated heterocycles. The Morgan fingerprint density at radius 1 is 1.21 bits per heavy atom. The van der Waals surface area contributed by atoms with Gasteiger partial charge < -0.3 is 9.64 Å². The molecule has 1 atom stereocenters. The normalized spacial score (nSPS) is 15.7. The Bertz CT molecular complexity index is 1350. The molecule has 0 saturated carbocycles. The number of likely N-dealkylation sites (tertiary alicyclic amines) is 1. The molecule has 2 aromatic carbocycles. The van der Waals surface area contributed by atoms with Crippen molar-refractivity contribution >= 4 is 28.4 Å². The van der Waals surface area contributed by atoms with Crippen molar-refractivity contribution in [3.05, 3.63) is 84.4 Å². The van der Waals surface area contributed by atoms with Crippen LogP contribution in [0.4, 0.5) is 4.39 Å². The molecular weight excluding hydrogens is 443 g/mol. The topological polar surface area (TPSA) is 60.2 Å². The summed E-state index contributed by atoms with van der Waals surface area (Å²) in [4.78, 5) is 18.1. The van der Waals surface area contributed by atoms with Gasteiger partial charge in [0.15, 0.2) is 0 Å². The molecule has 4 aromatic rings. The molecule has 5 rings (SSSR count). The molecule has 0 aliphatic carbocycles. The van der Waals surface area contributed by atoms with Gasteiger partial charge in [0, 0.05) is 36.4 Å². The fourth-order valence-corrected chi connectivity index (χ4v) is 4.30. The standard InChI is InChI=1S/C25H20ClFN4O2/c1-2-23(32)30-13-11-17(15-30)31-25(19-14-28-12-10-21(19)29-31)16-6-8-18(9-7-16)33-22-5-3-4-20(27)24(22)26/h2-10,12,14,17H,1,11,13,15H2/t17-/m1/s1. The van der Waals surface area contributed by atoms with E-state index >= 15 is 0 Å². The van der Waals surface area contributed by atoms with Gasteiger partial charge in [-0.1, -0.05) is 24.2 Å². The van der Waals surface area contributed by atoms with Crippen molar-refractivity contribution < 1.29 is 13.9 Å². The summed E-state index contributed by atoms with van der Waals surface area (Å²) in [5, 5.41) is 5.69. The van der Waals surface area contributed by atoms with E-state index in [4.69, 9.17) is 21.4 Å². The number of hydrogen-bond donors (Lipinski definition) is 0. The van der Waals surface area contributed by atoms with Crippen molar-refractivity contribution in [2.45, 2.75) is 12.5 Å². The van der Waals surface area contributed by atoms with E-state index in [-0.39, 0.29) is 22.7 Å². The van der Waals surface area contributed by atoms with Crippen LogP contribution in [0, 0.1) is 5.82 Å². The Kier molecular flexibility index (Phi) is 5.56. The number of carbonyl (C=O) groups is 1. The van der Waals surface area contributed by atoms with Gasteiger partial charge in [0.25, 0.3) is 0 Å². The lowest BCUT2D eigenvalue weighted by Gasteiger charge is -2.17. The first-order chi connectivity index (χ1) is 16.0. The predicted molar refractivity (Wildman–Crippen MR) is 125 cm³/mol. The van der Waals surface area contributed by atoms with Gasteiger partial charge in [0.2, 0.25) is 5.91 Å². The van der Waals surface area contributed by atoms with Crippen LogP contribution in [0.3, 0.4) is 0 Å². The Hall–Kier alpha value is -3.71. The second-order valence-electron chi connectivity index (χ2n) is 7.80. The lowest BCUT2D eigenvalue weighted by molar-refractivity contribution is -0.125. The van der Waals surface area contributed by atoms with E-state index in [2.05, 4.69) is 11.6 Å². The van der Waals surface area contributed by atoms with Gasteiger partial charge in [0.05, 0.1) is 17.3 Å². The Morgan fingerprint density at radius 3 is 2.82 bits per heavy atom. The number of pyridine rings is 1. The number of nitrogens with zero attached hydrogens (tertiary/aromatic N) is 4. The van der Waals surface area contributed by atoms with Crippen molar-refractivity contribution in [1.82, 2.24) is 19.7 Å². The summed E-state index contributed by atoms with van der Waals surface area (Å²) in [5.41, 5.74) is 2.68. The van der Waals surface area contributed by atoms with E-state index in [1.165, 1.54) is 12.1 Å². The van der Waals surface area contributed by atoms with Crippen LogP contribution in [0.15, 0.2) is 73.6 Å². The Labute approximate surface area is 194 Å². The van der Waals surface area contributed by atoms with E-state index in [1.807, 2.05) is 22.9 Å². The zero-order valence-electron chi connectivity index (χ0n) is 17.6. The summed E-state index contributed by atoms with van der Waals surface area (Å²) >= 11 is 6.01. The van der Waals surface area contributed by atoms with E-state index in [0.717, 1.165) is 28.6 Å². The highest BCUT2D eigenvalue weighted by Crippen LogP contribution is 2.36. The van der Waals surface area contributed by atoms with Crippen molar-refractivity contribution in [1.29, 1.82) is 0 Å². The third-order valence-corrected chi connectivity index (χ3v) is 6.13. The predicted octanol–water partition coefficient (Wildman–Crippen LogP) is 5.64. The van der Waals surface area contributed by atoms with E-state index in [1.54, 1.807) is 41.6 Å². The number of aromatic nitrogens is 3. The second-order valence-corrected chi connectivity index (χ2v) is 8.17. The lowest BCUT2D eigenvalue weighted by Crippen LogP contribution is -2.27. The zero-order valence-corrected chi connectivity index (χ0v) is 18.4. The first-order valence-corrected chi connectivity index (χ1v) is 10.9. The third-order valence-electron chi connectivity index (χ3n) is 5.77. The largest absolute Gasteiger partial charge is 0.456 e. The van der Waals surface area contributed by atoms with Gasteiger partial charge >= 0.3 is 0 Å². The number of amides is 1. The molecule has 0 bridgehead atoms. The molecule has 33 heavy (non-hydrogen) atoms. The molecule has 0 radical (unpaired) electrons. The van der Waals surface area contributed by atoms with Crippen LogP contribution in [-0.4, -0.2) is 38.7 Å². The maximum Gasteiger partial charge on any atom is 0.246 e. The molecule has 0 unspecified atom stereocenters. The summed E-state index contributed by atoms with van der Waals surface area (Å²) in [5.74, 6) is 0.176. The SMILES string of the molecule is C=CC(=O)N1CC[C@@H](n2nc3ccncc3c2-c2ccc(Oc3cccc(F)c3Cl)cc2)C1. The molecule has 1 fully saturated rings. The molecule has 0 spiro atoms. The zero-order chi connectivity index (χ0) is 22.9. The van der Waals surface area contributed by atoms with Crippen LogP contribution >= 0.6 is 11.6 Å². The molecule has 6 nitrogen and oxygen atoms in total. The van der Waals surface area contributed by atoms with E-state index < -0.39 is 5.82 Å². The lowest BCUT2D eigenvalue weighted by atomic mass is 10.1. The molecule has 0 N–H and O–H groups in total. The van der Waals surface area contributed by atoms with Crippen molar-refractivity contribution in [3.8, 4) is 22.8 Å². The van der Waals surface area contributed by atoms with Crippen LogP contribution in [-0.2, 0) is 4.79 Å². The number of fused-ring (bicyclic) bond motifs is 1. The quantitative estimate of drug-likeness (QED) is 0.360. The fourth-order valence-electron chi connectivity index (χ4n) is 4.14. The minimum absolute atomic E-state index is 0.0401. The van der Waals surface area contributed by atoms with Crippen molar-refractivity contribution in [3.63, 3.8) is 0 Å². The van der Waals surface area contributed by atoms with E-state index in [0.29, 0.717) is 18.8 Å². The number of hydrogen-bond acceptors (Lipinski definition) is 4. The van der Waals surface area contributed by atoms with Gasteiger partial charge in [0.1, 0.15) is 22.3 Å². The third kappa shape index (κ3) is 3.96. The Balaban J connectivity index is 1.49. The maximum atomic E-state index is 13.7. The van der Waals surface area contributed by atoms with Crippen molar-refractivity contribution in [2.75, 3.05) is 13.1 Å². The summed E-state index contributed by atoms with van der Waals surface area (Å²) in [7, 11) is 0. The highest BCUT2D eigenvalue weighted by molar-refractivity contribution is 6.32. The van der Waals surface area contributed by atoms with E-state index in [9.17, 15) is 9.18 Å². The van der Waals surface area contributed by atoms with Crippen LogP contribution in [0.5, 0.6) is 11.5 Å². The highest BCUT2D eigenvalue weighted by Gasteiger charge is 2.29. The number of halogens is 2. The average molecular weight is 463 g/mol. The molecule has 1 aliphatic heterocycles. The van der Waals surface area contributed by atoms with Crippen LogP contribution in [0.1, 0.15) is 12.5 Å². The van der Waals surface area contributed by atoms with Gasteiger partial charge in [-0.15, -0.1) is 0 Å². The number of benzene rings is 2.